The number of hydrogen-bond donors (Lipinski definition) is 3. The number of halogens is 1. The number of aliphatic hydroxyl groups is 1. The van der Waals surface area contributed by atoms with Crippen LogP contribution in [0.3, 0.4) is 0 Å². The van der Waals surface area contributed by atoms with Crippen LogP contribution in [0, 0.1) is 5.82 Å². The van der Waals surface area contributed by atoms with Crippen molar-refractivity contribution in [3.05, 3.63) is 24.0 Å². The van der Waals surface area contributed by atoms with Gasteiger partial charge in [-0.05, 0) is 18.2 Å². The van der Waals surface area contributed by atoms with Crippen molar-refractivity contribution in [1.82, 2.24) is 4.90 Å². The van der Waals surface area contributed by atoms with Gasteiger partial charge < -0.3 is 20.9 Å². The van der Waals surface area contributed by atoms with Gasteiger partial charge in [0.25, 0.3) is 0 Å². The van der Waals surface area contributed by atoms with Gasteiger partial charge in [-0.25, -0.2) is 4.39 Å². The van der Waals surface area contributed by atoms with Crippen molar-refractivity contribution < 1.29 is 19.0 Å². The van der Waals surface area contributed by atoms with Crippen LogP contribution in [0.15, 0.2) is 18.2 Å². The van der Waals surface area contributed by atoms with Crippen molar-refractivity contribution in [1.29, 1.82) is 0 Å². The maximum Gasteiger partial charge on any atom is 0.225 e. The van der Waals surface area contributed by atoms with E-state index in [0.29, 0.717) is 25.4 Å². The quantitative estimate of drug-likeness (QED) is 0.686. The third-order valence-corrected chi connectivity index (χ3v) is 3.35. The first-order valence-electron chi connectivity index (χ1n) is 6.88. The molecule has 1 aromatic rings. The SMILES string of the molecule is Nc1ccc(F)c(NC(=O)CCN2CCOC(CO)C2)c1. The van der Waals surface area contributed by atoms with Gasteiger partial charge in [-0.1, -0.05) is 0 Å². The normalized spacial score (nSPS) is 19.4. The molecule has 0 spiro atoms. The van der Waals surface area contributed by atoms with Crippen LogP contribution in [-0.4, -0.2) is 54.9 Å². The first-order chi connectivity index (χ1) is 10.1. The number of nitrogens with two attached hydrogens (primary N) is 1. The molecule has 6 nitrogen and oxygen atoms in total. The molecule has 0 saturated carbocycles. The molecule has 1 fully saturated rings. The number of nitrogens with zero attached hydrogens (tertiary/aromatic N) is 1. The number of amides is 1. The fourth-order valence-electron chi connectivity index (χ4n) is 2.21. The molecule has 1 aliphatic rings. The Labute approximate surface area is 122 Å². The van der Waals surface area contributed by atoms with E-state index in [1.807, 2.05) is 4.90 Å². The summed E-state index contributed by atoms with van der Waals surface area (Å²) in [7, 11) is 0. The Morgan fingerprint density at radius 1 is 1.57 bits per heavy atom. The Balaban J connectivity index is 1.80. The van der Waals surface area contributed by atoms with E-state index in [1.165, 1.54) is 18.2 Å². The van der Waals surface area contributed by atoms with Crippen LogP contribution < -0.4 is 11.1 Å². The third kappa shape index (κ3) is 4.66. The van der Waals surface area contributed by atoms with Crippen molar-refractivity contribution in [3.8, 4) is 0 Å². The summed E-state index contributed by atoms with van der Waals surface area (Å²) in [6.07, 6.45) is 0.0417. The Kier molecular flexibility index (Phi) is 5.49. The van der Waals surface area contributed by atoms with Crippen LogP contribution in [-0.2, 0) is 9.53 Å². The molecule has 7 heteroatoms. The highest BCUT2D eigenvalue weighted by Crippen LogP contribution is 2.17. The lowest BCUT2D eigenvalue weighted by atomic mass is 10.2. The predicted octanol–water partition coefficient (Wildman–Crippen LogP) is 0.430. The summed E-state index contributed by atoms with van der Waals surface area (Å²) in [6, 6.07) is 4.05. The molecular weight excluding hydrogens is 277 g/mol. The largest absolute Gasteiger partial charge is 0.399 e. The first-order valence-corrected chi connectivity index (χ1v) is 6.88. The van der Waals surface area contributed by atoms with Gasteiger partial charge in [-0.3, -0.25) is 9.69 Å². The molecule has 1 aliphatic heterocycles. The molecule has 1 unspecified atom stereocenters. The number of aliphatic hydroxyl groups excluding tert-OH is 1. The molecule has 1 amide bonds. The van der Waals surface area contributed by atoms with E-state index in [-0.39, 0.29) is 30.7 Å². The number of rotatable bonds is 5. The molecular formula is C14H20FN3O3. The Morgan fingerprint density at radius 2 is 2.38 bits per heavy atom. The molecule has 1 aromatic carbocycles. The van der Waals surface area contributed by atoms with Crippen LogP contribution in [0.2, 0.25) is 0 Å². The number of carbonyl (C=O) groups excluding carboxylic acids is 1. The summed E-state index contributed by atoms with van der Waals surface area (Å²) >= 11 is 0. The summed E-state index contributed by atoms with van der Waals surface area (Å²) in [4.78, 5) is 13.9. The van der Waals surface area contributed by atoms with E-state index in [1.54, 1.807) is 0 Å². The van der Waals surface area contributed by atoms with Crippen LogP contribution >= 0.6 is 0 Å². The third-order valence-electron chi connectivity index (χ3n) is 3.35. The van der Waals surface area contributed by atoms with Crippen molar-refractivity contribution in [3.63, 3.8) is 0 Å². The molecule has 116 valence electrons. The number of nitrogen functional groups attached to an aromatic ring is 1. The molecule has 4 N–H and O–H groups in total. The Morgan fingerprint density at radius 3 is 3.14 bits per heavy atom. The van der Waals surface area contributed by atoms with Gasteiger partial charge in [0.05, 0.1) is 25.0 Å². The highest BCUT2D eigenvalue weighted by molar-refractivity contribution is 5.91. The Bertz CT molecular complexity index is 498. The van der Waals surface area contributed by atoms with E-state index in [2.05, 4.69) is 5.32 Å². The zero-order chi connectivity index (χ0) is 15.2. The van der Waals surface area contributed by atoms with Crippen molar-refractivity contribution in [2.75, 3.05) is 43.9 Å². The van der Waals surface area contributed by atoms with Crippen LogP contribution in [0.1, 0.15) is 6.42 Å². The monoisotopic (exact) mass is 297 g/mol. The Hall–Kier alpha value is -1.70. The van der Waals surface area contributed by atoms with Crippen molar-refractivity contribution in [2.24, 2.45) is 0 Å². The number of nitrogens with one attached hydrogen (secondary N) is 1. The van der Waals surface area contributed by atoms with Gasteiger partial charge in [-0.2, -0.15) is 0 Å². The minimum Gasteiger partial charge on any atom is -0.399 e. The van der Waals surface area contributed by atoms with Gasteiger partial charge in [-0.15, -0.1) is 0 Å². The lowest BCUT2D eigenvalue weighted by Crippen LogP contribution is -2.44. The highest BCUT2D eigenvalue weighted by Gasteiger charge is 2.20. The minimum absolute atomic E-state index is 0.0306. The molecule has 21 heavy (non-hydrogen) atoms. The highest BCUT2D eigenvalue weighted by atomic mass is 19.1. The van der Waals surface area contributed by atoms with E-state index < -0.39 is 5.82 Å². The molecule has 1 atom stereocenters. The van der Waals surface area contributed by atoms with Crippen LogP contribution in [0.25, 0.3) is 0 Å². The zero-order valence-corrected chi connectivity index (χ0v) is 11.7. The second kappa shape index (κ2) is 7.35. The number of benzene rings is 1. The van der Waals surface area contributed by atoms with Crippen LogP contribution in [0.4, 0.5) is 15.8 Å². The second-order valence-corrected chi connectivity index (χ2v) is 5.01. The topological polar surface area (TPSA) is 87.8 Å². The zero-order valence-electron chi connectivity index (χ0n) is 11.7. The van der Waals surface area contributed by atoms with E-state index in [4.69, 9.17) is 15.6 Å². The summed E-state index contributed by atoms with van der Waals surface area (Å²) in [5.74, 6) is -0.782. The van der Waals surface area contributed by atoms with E-state index in [9.17, 15) is 9.18 Å². The average molecular weight is 297 g/mol. The summed E-state index contributed by atoms with van der Waals surface area (Å²) < 4.78 is 18.8. The predicted molar refractivity (Wildman–Crippen MR) is 77.3 cm³/mol. The minimum atomic E-state index is -0.510. The lowest BCUT2D eigenvalue weighted by Gasteiger charge is -2.31. The van der Waals surface area contributed by atoms with Gasteiger partial charge in [0.1, 0.15) is 5.82 Å². The maximum atomic E-state index is 13.5. The summed E-state index contributed by atoms with van der Waals surface area (Å²) in [5.41, 5.74) is 6.05. The average Bonchev–Trinajstić information content (AvgIpc) is 2.49. The van der Waals surface area contributed by atoms with Crippen molar-refractivity contribution in [2.45, 2.75) is 12.5 Å². The molecule has 0 radical (unpaired) electrons. The molecule has 2 rings (SSSR count). The number of hydrogen-bond acceptors (Lipinski definition) is 5. The lowest BCUT2D eigenvalue weighted by molar-refractivity contribution is -0.117. The molecule has 0 bridgehead atoms. The van der Waals surface area contributed by atoms with Crippen LogP contribution in [0.5, 0.6) is 0 Å². The molecule has 0 aliphatic carbocycles. The molecule has 1 saturated heterocycles. The fraction of sp³-hybridized carbons (Fsp3) is 0.500. The fourth-order valence-corrected chi connectivity index (χ4v) is 2.21. The van der Waals surface area contributed by atoms with Gasteiger partial charge in [0.2, 0.25) is 5.91 Å². The van der Waals surface area contributed by atoms with Gasteiger partial charge in [0.15, 0.2) is 0 Å². The number of anilines is 2. The van der Waals surface area contributed by atoms with Crippen molar-refractivity contribution >= 4 is 17.3 Å². The molecule has 1 heterocycles. The number of carbonyl (C=O) groups is 1. The number of ether oxygens (including phenoxy) is 1. The summed E-state index contributed by atoms with van der Waals surface area (Å²) in [6.45, 7) is 2.36. The smallest absolute Gasteiger partial charge is 0.225 e. The van der Waals surface area contributed by atoms with Gasteiger partial charge in [0, 0.05) is 31.7 Å². The standard InChI is InChI=1S/C14H20FN3O3/c15-12-2-1-10(16)7-13(12)17-14(20)3-4-18-5-6-21-11(8-18)9-19/h1-2,7,11,19H,3-6,8-9,16H2,(H,17,20). The van der Waals surface area contributed by atoms with Gasteiger partial charge >= 0.3 is 0 Å². The second-order valence-electron chi connectivity index (χ2n) is 5.01. The number of morpholine rings is 1. The maximum absolute atomic E-state index is 13.5. The van der Waals surface area contributed by atoms with E-state index >= 15 is 0 Å². The van der Waals surface area contributed by atoms with E-state index in [0.717, 1.165) is 6.54 Å². The first kappa shape index (κ1) is 15.7. The molecule has 0 aromatic heterocycles. The summed E-state index contributed by atoms with van der Waals surface area (Å²) in [5, 5.41) is 11.6.